The van der Waals surface area contributed by atoms with Crippen molar-refractivity contribution in [2.24, 2.45) is 0 Å². The third kappa shape index (κ3) is 2.03. The number of aromatic nitrogens is 2. The lowest BCUT2D eigenvalue weighted by Crippen LogP contribution is -2.04. The summed E-state index contributed by atoms with van der Waals surface area (Å²) in [7, 11) is 0. The summed E-state index contributed by atoms with van der Waals surface area (Å²) in [5, 5.41) is 19.4. The van der Waals surface area contributed by atoms with Gasteiger partial charge in [-0.15, -0.1) is 0 Å². The highest BCUT2D eigenvalue weighted by atomic mass is 19.1. The molecule has 0 spiro atoms. The Labute approximate surface area is 99.3 Å². The first kappa shape index (κ1) is 11.7. The summed E-state index contributed by atoms with van der Waals surface area (Å²) in [6.07, 6.45) is 2.15. The van der Waals surface area contributed by atoms with Crippen molar-refractivity contribution in [2.75, 3.05) is 0 Å². The molecular weight excluding hydrogens is 245 g/mol. The SMILES string of the molecule is O=C(O)c1cc(F)ccc1-n1cnc([N+](=O)[O-])c1. The second kappa shape index (κ2) is 4.24. The van der Waals surface area contributed by atoms with Crippen LogP contribution in [-0.4, -0.2) is 25.6 Å². The maximum atomic E-state index is 13.0. The number of carboxylic acid groups (broad SMARTS) is 1. The molecule has 0 saturated carbocycles. The lowest BCUT2D eigenvalue weighted by molar-refractivity contribution is -0.389. The van der Waals surface area contributed by atoms with E-state index in [-0.39, 0.29) is 11.3 Å². The van der Waals surface area contributed by atoms with Crippen molar-refractivity contribution >= 4 is 11.8 Å². The number of nitrogens with zero attached hydrogens (tertiary/aromatic N) is 3. The van der Waals surface area contributed by atoms with Crippen LogP contribution < -0.4 is 0 Å². The zero-order valence-corrected chi connectivity index (χ0v) is 8.78. The van der Waals surface area contributed by atoms with Gasteiger partial charge < -0.3 is 15.2 Å². The standard InChI is InChI=1S/C10H6FN3O4/c11-6-1-2-8(7(3-6)10(15)16)13-4-9(12-5-13)14(17)18/h1-5H,(H,15,16). The van der Waals surface area contributed by atoms with Gasteiger partial charge in [0, 0.05) is 0 Å². The number of aromatic carboxylic acids is 1. The van der Waals surface area contributed by atoms with E-state index in [1.165, 1.54) is 6.07 Å². The first-order valence-electron chi connectivity index (χ1n) is 4.70. The fourth-order valence-corrected chi connectivity index (χ4v) is 1.44. The lowest BCUT2D eigenvalue weighted by Gasteiger charge is -2.04. The smallest absolute Gasteiger partial charge is 0.381 e. The molecule has 0 saturated heterocycles. The summed E-state index contributed by atoms with van der Waals surface area (Å²) in [5.41, 5.74) is -0.202. The van der Waals surface area contributed by atoms with Gasteiger partial charge in [0.25, 0.3) is 0 Å². The Hall–Kier alpha value is -2.77. The molecule has 0 amide bonds. The predicted molar refractivity (Wildman–Crippen MR) is 57.1 cm³/mol. The molecule has 0 aliphatic heterocycles. The van der Waals surface area contributed by atoms with Gasteiger partial charge in [-0.25, -0.2) is 9.18 Å². The van der Waals surface area contributed by atoms with E-state index in [2.05, 4.69) is 4.98 Å². The molecule has 92 valence electrons. The van der Waals surface area contributed by atoms with Crippen LogP contribution >= 0.6 is 0 Å². The monoisotopic (exact) mass is 251 g/mol. The van der Waals surface area contributed by atoms with Crippen LogP contribution in [-0.2, 0) is 0 Å². The van der Waals surface area contributed by atoms with Gasteiger partial charge in [0.2, 0.25) is 6.33 Å². The number of hydrogen-bond donors (Lipinski definition) is 1. The van der Waals surface area contributed by atoms with Crippen molar-refractivity contribution in [1.82, 2.24) is 9.55 Å². The van der Waals surface area contributed by atoms with E-state index < -0.39 is 22.5 Å². The summed E-state index contributed by atoms with van der Waals surface area (Å²) in [6, 6.07) is 3.11. The number of imidazole rings is 1. The van der Waals surface area contributed by atoms with Crippen LogP contribution in [0.15, 0.2) is 30.7 Å². The van der Waals surface area contributed by atoms with Crippen LogP contribution in [0.4, 0.5) is 10.2 Å². The van der Waals surface area contributed by atoms with E-state index in [0.717, 1.165) is 29.2 Å². The highest BCUT2D eigenvalue weighted by molar-refractivity contribution is 5.92. The van der Waals surface area contributed by atoms with Gasteiger partial charge in [-0.05, 0) is 28.1 Å². The summed E-state index contributed by atoms with van der Waals surface area (Å²) in [5.74, 6) is -2.46. The van der Waals surface area contributed by atoms with E-state index in [4.69, 9.17) is 5.11 Å². The van der Waals surface area contributed by atoms with E-state index in [9.17, 15) is 19.3 Å². The van der Waals surface area contributed by atoms with Crippen LogP contribution in [0.25, 0.3) is 5.69 Å². The highest BCUT2D eigenvalue weighted by Gasteiger charge is 2.17. The number of benzene rings is 1. The van der Waals surface area contributed by atoms with Crippen molar-refractivity contribution in [1.29, 1.82) is 0 Å². The summed E-state index contributed by atoms with van der Waals surface area (Å²) >= 11 is 0. The van der Waals surface area contributed by atoms with E-state index in [0.29, 0.717) is 0 Å². The largest absolute Gasteiger partial charge is 0.478 e. The number of hydrogen-bond acceptors (Lipinski definition) is 4. The van der Waals surface area contributed by atoms with Gasteiger partial charge in [0.1, 0.15) is 12.0 Å². The van der Waals surface area contributed by atoms with Gasteiger partial charge in [-0.1, -0.05) is 0 Å². The minimum absolute atomic E-state index is 0.101. The van der Waals surface area contributed by atoms with Crippen LogP contribution in [0.3, 0.4) is 0 Å². The van der Waals surface area contributed by atoms with Gasteiger partial charge in [-0.3, -0.25) is 4.57 Å². The molecule has 0 aliphatic carbocycles. The van der Waals surface area contributed by atoms with Crippen molar-refractivity contribution in [2.45, 2.75) is 0 Å². The van der Waals surface area contributed by atoms with E-state index in [1.54, 1.807) is 0 Å². The molecule has 2 aromatic rings. The molecule has 0 atom stereocenters. The number of rotatable bonds is 3. The average molecular weight is 251 g/mol. The predicted octanol–water partition coefficient (Wildman–Crippen LogP) is 1.62. The van der Waals surface area contributed by atoms with Crippen molar-refractivity contribution in [3.05, 3.63) is 52.2 Å². The maximum absolute atomic E-state index is 13.0. The first-order chi connectivity index (χ1) is 8.49. The highest BCUT2D eigenvalue weighted by Crippen LogP contribution is 2.18. The van der Waals surface area contributed by atoms with Crippen LogP contribution in [0.1, 0.15) is 10.4 Å². The fraction of sp³-hybridized carbons (Fsp3) is 0. The molecule has 7 nitrogen and oxygen atoms in total. The average Bonchev–Trinajstić information content (AvgIpc) is 2.78. The third-order valence-electron chi connectivity index (χ3n) is 2.22. The lowest BCUT2D eigenvalue weighted by atomic mass is 10.1. The Morgan fingerprint density at radius 2 is 2.22 bits per heavy atom. The van der Waals surface area contributed by atoms with Gasteiger partial charge in [0.15, 0.2) is 0 Å². The molecule has 1 aromatic heterocycles. The Bertz CT molecular complexity index is 638. The second-order valence-electron chi connectivity index (χ2n) is 3.36. The Morgan fingerprint density at radius 3 is 2.78 bits per heavy atom. The Balaban J connectivity index is 2.55. The molecule has 2 rings (SSSR count). The van der Waals surface area contributed by atoms with Crippen molar-refractivity contribution in [3.8, 4) is 5.69 Å². The number of halogens is 1. The number of carbonyl (C=O) groups is 1. The van der Waals surface area contributed by atoms with E-state index >= 15 is 0 Å². The molecule has 0 radical (unpaired) electrons. The van der Waals surface area contributed by atoms with Gasteiger partial charge >= 0.3 is 11.8 Å². The summed E-state index contributed by atoms with van der Waals surface area (Å²) < 4.78 is 14.1. The third-order valence-corrected chi connectivity index (χ3v) is 2.22. The molecule has 18 heavy (non-hydrogen) atoms. The second-order valence-corrected chi connectivity index (χ2v) is 3.36. The molecule has 1 aromatic carbocycles. The molecule has 0 aliphatic rings. The topological polar surface area (TPSA) is 98.3 Å². The molecular formula is C10H6FN3O4. The number of nitro groups is 1. The molecule has 0 fully saturated rings. The molecule has 0 unspecified atom stereocenters. The Morgan fingerprint density at radius 1 is 1.50 bits per heavy atom. The minimum atomic E-state index is -1.33. The zero-order chi connectivity index (χ0) is 13.3. The van der Waals surface area contributed by atoms with Gasteiger partial charge in [-0.2, -0.15) is 0 Å². The number of carboxylic acids is 1. The van der Waals surface area contributed by atoms with Crippen molar-refractivity contribution in [3.63, 3.8) is 0 Å². The first-order valence-corrected chi connectivity index (χ1v) is 4.70. The molecule has 1 N–H and O–H groups in total. The van der Waals surface area contributed by atoms with Gasteiger partial charge in [0.05, 0.1) is 11.3 Å². The molecule has 8 heteroatoms. The van der Waals surface area contributed by atoms with Crippen LogP contribution in [0.5, 0.6) is 0 Å². The minimum Gasteiger partial charge on any atom is -0.478 e. The maximum Gasteiger partial charge on any atom is 0.381 e. The summed E-state index contributed by atoms with van der Waals surface area (Å²) in [4.78, 5) is 24.2. The van der Waals surface area contributed by atoms with Crippen molar-refractivity contribution < 1.29 is 19.2 Å². The molecule has 1 heterocycles. The normalized spacial score (nSPS) is 10.3. The summed E-state index contributed by atoms with van der Waals surface area (Å²) in [6.45, 7) is 0. The quantitative estimate of drug-likeness (QED) is 0.660. The van der Waals surface area contributed by atoms with Crippen LogP contribution in [0, 0.1) is 15.9 Å². The Kier molecular flexibility index (Phi) is 2.76. The zero-order valence-electron chi connectivity index (χ0n) is 8.78. The van der Waals surface area contributed by atoms with Crippen LogP contribution in [0.2, 0.25) is 0 Å². The fourth-order valence-electron chi connectivity index (χ4n) is 1.44. The molecule has 0 bridgehead atoms. The van der Waals surface area contributed by atoms with E-state index in [1.807, 2.05) is 0 Å².